The number of nitrogens with zero attached hydrogens (tertiary/aromatic N) is 3. The van der Waals surface area contributed by atoms with Crippen molar-refractivity contribution in [3.05, 3.63) is 35.4 Å². The van der Waals surface area contributed by atoms with Crippen LogP contribution in [0.2, 0.25) is 5.02 Å². The van der Waals surface area contributed by atoms with Crippen molar-refractivity contribution in [2.24, 2.45) is 7.05 Å². The zero-order valence-electron chi connectivity index (χ0n) is 10.7. The summed E-state index contributed by atoms with van der Waals surface area (Å²) < 4.78 is 28.2. The molecule has 2 aromatic rings. The van der Waals surface area contributed by atoms with Crippen LogP contribution in [0.3, 0.4) is 0 Å². The van der Waals surface area contributed by atoms with Gasteiger partial charge in [-0.3, -0.25) is 4.68 Å². The zero-order chi connectivity index (χ0) is 14.8. The van der Waals surface area contributed by atoms with Gasteiger partial charge in [0.05, 0.1) is 5.69 Å². The fraction of sp³-hybridized carbons (Fsp3) is 0.273. The first-order valence-electron chi connectivity index (χ1n) is 5.78. The Morgan fingerprint density at radius 2 is 2.20 bits per heavy atom. The van der Waals surface area contributed by atoms with Gasteiger partial charge in [0.2, 0.25) is 10.0 Å². The van der Waals surface area contributed by atoms with Crippen molar-refractivity contribution in [3.8, 4) is 0 Å². The normalized spacial score (nSPS) is 11.7. The van der Waals surface area contributed by atoms with E-state index in [1.165, 1.54) is 18.2 Å². The second kappa shape index (κ2) is 5.78. The summed E-state index contributed by atoms with van der Waals surface area (Å²) in [6.45, 7) is 0.179. The van der Waals surface area contributed by atoms with Crippen molar-refractivity contribution in [2.45, 2.75) is 11.3 Å². The van der Waals surface area contributed by atoms with E-state index in [9.17, 15) is 8.42 Å². The van der Waals surface area contributed by atoms with Crippen molar-refractivity contribution in [3.63, 3.8) is 0 Å². The number of aryl methyl sites for hydroxylation is 1. The molecular weight excluding hydrogens is 302 g/mol. The number of nitrogens with two attached hydrogens (primary N) is 1. The van der Waals surface area contributed by atoms with Gasteiger partial charge < -0.3 is 5.73 Å². The fourth-order valence-electron chi connectivity index (χ4n) is 1.61. The van der Waals surface area contributed by atoms with Crippen LogP contribution in [0.5, 0.6) is 0 Å². The number of aromatic nitrogens is 3. The Kier molecular flexibility index (Phi) is 4.26. The van der Waals surface area contributed by atoms with Gasteiger partial charge in [-0.05, 0) is 18.2 Å². The number of hydrogen-bond donors (Lipinski definition) is 2. The molecular formula is C11H14ClN5O2S. The summed E-state index contributed by atoms with van der Waals surface area (Å²) in [4.78, 5) is 3.98. The Labute approximate surface area is 121 Å². The Balaban J connectivity index is 2.06. The third kappa shape index (κ3) is 3.47. The van der Waals surface area contributed by atoms with Gasteiger partial charge in [-0.1, -0.05) is 11.6 Å². The lowest BCUT2D eigenvalue weighted by atomic mass is 10.3. The molecule has 0 aliphatic rings. The summed E-state index contributed by atoms with van der Waals surface area (Å²) in [6, 6.07) is 4.31. The number of nitrogens with one attached hydrogen (secondary N) is 1. The molecule has 20 heavy (non-hydrogen) atoms. The number of benzene rings is 1. The van der Waals surface area contributed by atoms with Crippen LogP contribution < -0.4 is 10.5 Å². The Morgan fingerprint density at radius 3 is 2.85 bits per heavy atom. The third-order valence-corrected chi connectivity index (χ3v) is 4.30. The quantitative estimate of drug-likeness (QED) is 0.785. The smallest absolute Gasteiger partial charge is 0.242 e. The number of hydrogen-bond acceptors (Lipinski definition) is 5. The monoisotopic (exact) mass is 315 g/mol. The van der Waals surface area contributed by atoms with Gasteiger partial charge in [0.1, 0.15) is 11.2 Å². The second-order valence-electron chi connectivity index (χ2n) is 4.16. The van der Waals surface area contributed by atoms with E-state index in [1.807, 2.05) is 0 Å². The Hall–Kier alpha value is -1.64. The summed E-state index contributed by atoms with van der Waals surface area (Å²) in [5.41, 5.74) is 5.81. The number of halogens is 1. The lowest BCUT2D eigenvalue weighted by molar-refractivity contribution is 0.581. The molecule has 0 fully saturated rings. The average Bonchev–Trinajstić information content (AvgIpc) is 2.78. The first-order valence-corrected chi connectivity index (χ1v) is 7.64. The van der Waals surface area contributed by atoms with Crippen molar-refractivity contribution in [1.82, 2.24) is 19.5 Å². The lowest BCUT2D eigenvalue weighted by Crippen LogP contribution is -2.27. The van der Waals surface area contributed by atoms with Crippen LogP contribution >= 0.6 is 11.6 Å². The maximum absolute atomic E-state index is 12.1. The molecule has 0 bridgehead atoms. The van der Waals surface area contributed by atoms with Gasteiger partial charge in [0.25, 0.3) is 0 Å². The summed E-state index contributed by atoms with van der Waals surface area (Å²) in [6.07, 6.45) is 1.94. The van der Waals surface area contributed by atoms with Crippen LogP contribution in [-0.4, -0.2) is 29.7 Å². The SMILES string of the molecule is Cn1cnc(CCNS(=O)(=O)c2cc(Cl)ccc2N)n1. The maximum Gasteiger partial charge on any atom is 0.242 e. The molecule has 1 aromatic carbocycles. The predicted octanol–water partition coefficient (Wildman–Crippen LogP) is 0.572. The van der Waals surface area contributed by atoms with E-state index in [1.54, 1.807) is 18.1 Å². The van der Waals surface area contributed by atoms with E-state index >= 15 is 0 Å². The highest BCUT2D eigenvalue weighted by Crippen LogP contribution is 2.22. The topological polar surface area (TPSA) is 103 Å². The minimum absolute atomic E-state index is 0.0287. The number of nitrogen functional groups attached to an aromatic ring is 1. The van der Waals surface area contributed by atoms with Crippen molar-refractivity contribution >= 4 is 27.3 Å². The van der Waals surface area contributed by atoms with Crippen molar-refractivity contribution in [2.75, 3.05) is 12.3 Å². The van der Waals surface area contributed by atoms with Crippen LogP contribution in [-0.2, 0) is 23.5 Å². The van der Waals surface area contributed by atoms with E-state index in [4.69, 9.17) is 17.3 Å². The standard InChI is InChI=1S/C11H14ClN5O2S/c1-17-7-14-11(16-17)4-5-15-20(18,19)10-6-8(12)2-3-9(10)13/h2-3,6-7,15H,4-5,13H2,1H3. The summed E-state index contributed by atoms with van der Waals surface area (Å²) in [5, 5.41) is 4.37. The Bertz CT molecular complexity index is 713. The van der Waals surface area contributed by atoms with Crippen LogP contribution in [0.1, 0.15) is 5.82 Å². The predicted molar refractivity (Wildman–Crippen MR) is 75.8 cm³/mol. The van der Waals surface area contributed by atoms with Crippen LogP contribution in [0.25, 0.3) is 0 Å². The highest BCUT2D eigenvalue weighted by atomic mass is 35.5. The van der Waals surface area contributed by atoms with Gasteiger partial charge >= 0.3 is 0 Å². The van der Waals surface area contributed by atoms with E-state index in [-0.39, 0.29) is 17.1 Å². The molecule has 2 rings (SSSR count). The Morgan fingerprint density at radius 1 is 1.45 bits per heavy atom. The minimum atomic E-state index is -3.70. The fourth-order valence-corrected chi connectivity index (χ4v) is 3.04. The molecule has 1 heterocycles. The lowest BCUT2D eigenvalue weighted by Gasteiger charge is -2.08. The molecule has 9 heteroatoms. The van der Waals surface area contributed by atoms with E-state index in [0.717, 1.165) is 0 Å². The first kappa shape index (κ1) is 14.8. The largest absolute Gasteiger partial charge is 0.398 e. The third-order valence-electron chi connectivity index (χ3n) is 2.55. The zero-order valence-corrected chi connectivity index (χ0v) is 12.3. The molecule has 108 valence electrons. The molecule has 0 saturated carbocycles. The molecule has 1 aromatic heterocycles. The summed E-state index contributed by atoms with van der Waals surface area (Å²) in [7, 11) is -1.96. The van der Waals surface area contributed by atoms with E-state index < -0.39 is 10.0 Å². The number of sulfonamides is 1. The second-order valence-corrected chi connectivity index (χ2v) is 6.34. The minimum Gasteiger partial charge on any atom is -0.398 e. The summed E-state index contributed by atoms with van der Waals surface area (Å²) >= 11 is 5.79. The highest BCUT2D eigenvalue weighted by Gasteiger charge is 2.17. The van der Waals surface area contributed by atoms with Crippen LogP contribution in [0.4, 0.5) is 5.69 Å². The van der Waals surface area contributed by atoms with Gasteiger partial charge in [-0.15, -0.1) is 0 Å². The van der Waals surface area contributed by atoms with Gasteiger partial charge in [0, 0.05) is 25.0 Å². The molecule has 0 aliphatic heterocycles. The van der Waals surface area contributed by atoms with Crippen LogP contribution in [0.15, 0.2) is 29.4 Å². The number of anilines is 1. The molecule has 7 nitrogen and oxygen atoms in total. The highest BCUT2D eigenvalue weighted by molar-refractivity contribution is 7.89. The van der Waals surface area contributed by atoms with Gasteiger partial charge in [0.15, 0.2) is 5.82 Å². The molecule has 0 amide bonds. The van der Waals surface area contributed by atoms with Gasteiger partial charge in [-0.25, -0.2) is 18.1 Å². The average molecular weight is 316 g/mol. The molecule has 0 atom stereocenters. The maximum atomic E-state index is 12.1. The number of rotatable bonds is 5. The van der Waals surface area contributed by atoms with Crippen molar-refractivity contribution < 1.29 is 8.42 Å². The molecule has 0 saturated heterocycles. The van der Waals surface area contributed by atoms with Crippen molar-refractivity contribution in [1.29, 1.82) is 0 Å². The molecule has 0 radical (unpaired) electrons. The molecule has 3 N–H and O–H groups in total. The van der Waals surface area contributed by atoms with E-state index in [2.05, 4.69) is 14.8 Å². The van der Waals surface area contributed by atoms with E-state index in [0.29, 0.717) is 17.3 Å². The molecule has 0 spiro atoms. The molecule has 0 aliphatic carbocycles. The summed E-state index contributed by atoms with van der Waals surface area (Å²) in [5.74, 6) is 0.564. The molecule has 0 unspecified atom stereocenters. The van der Waals surface area contributed by atoms with Crippen LogP contribution in [0, 0.1) is 0 Å². The van der Waals surface area contributed by atoms with Gasteiger partial charge in [-0.2, -0.15) is 5.10 Å². The first-order chi connectivity index (χ1) is 9.38.